The van der Waals surface area contributed by atoms with Crippen LogP contribution in [0.25, 0.3) is 0 Å². The molecule has 0 saturated carbocycles. The van der Waals surface area contributed by atoms with Crippen LogP contribution in [0, 0.1) is 0 Å². The quantitative estimate of drug-likeness (QED) is 0.821. The SMILES string of the molecule is C=CCc1ccccc1OCC(=O)Nc1nncs1. The van der Waals surface area contributed by atoms with Crippen molar-refractivity contribution in [1.29, 1.82) is 0 Å². The third-order valence-electron chi connectivity index (χ3n) is 2.30. The molecule has 0 radical (unpaired) electrons. The Bertz CT molecular complexity index is 555. The van der Waals surface area contributed by atoms with Crippen molar-refractivity contribution < 1.29 is 9.53 Å². The number of hydrogen-bond acceptors (Lipinski definition) is 5. The van der Waals surface area contributed by atoms with Crippen molar-refractivity contribution in [3.05, 3.63) is 48.0 Å². The number of hydrogen-bond donors (Lipinski definition) is 1. The van der Waals surface area contributed by atoms with Crippen LogP contribution in [-0.4, -0.2) is 22.7 Å². The third-order valence-corrected chi connectivity index (χ3v) is 2.91. The van der Waals surface area contributed by atoms with Crippen molar-refractivity contribution in [2.24, 2.45) is 0 Å². The Morgan fingerprint density at radius 3 is 3.05 bits per heavy atom. The van der Waals surface area contributed by atoms with Gasteiger partial charge in [-0.25, -0.2) is 0 Å². The molecule has 1 amide bonds. The van der Waals surface area contributed by atoms with Gasteiger partial charge in [-0.15, -0.1) is 16.8 Å². The molecule has 0 unspecified atom stereocenters. The number of nitrogens with zero attached hydrogens (tertiary/aromatic N) is 2. The molecule has 0 aliphatic heterocycles. The van der Waals surface area contributed by atoms with E-state index < -0.39 is 0 Å². The standard InChI is InChI=1S/C13H13N3O2S/c1-2-5-10-6-3-4-7-11(10)18-8-12(17)15-13-16-14-9-19-13/h2-4,6-7,9H,1,5,8H2,(H,15,16,17). The van der Waals surface area contributed by atoms with Crippen LogP contribution < -0.4 is 10.1 Å². The van der Waals surface area contributed by atoms with E-state index in [1.54, 1.807) is 11.6 Å². The Morgan fingerprint density at radius 1 is 1.47 bits per heavy atom. The van der Waals surface area contributed by atoms with E-state index in [0.717, 1.165) is 5.56 Å². The Hall–Kier alpha value is -2.21. The first-order chi connectivity index (χ1) is 9.29. The number of ether oxygens (including phenoxy) is 1. The minimum Gasteiger partial charge on any atom is -0.483 e. The number of allylic oxidation sites excluding steroid dienone is 1. The van der Waals surface area contributed by atoms with Crippen molar-refractivity contribution in [3.63, 3.8) is 0 Å². The highest BCUT2D eigenvalue weighted by molar-refractivity contribution is 7.13. The van der Waals surface area contributed by atoms with Gasteiger partial charge in [0.15, 0.2) is 6.61 Å². The minimum absolute atomic E-state index is 0.0618. The zero-order valence-corrected chi connectivity index (χ0v) is 11.0. The molecule has 0 spiro atoms. The van der Waals surface area contributed by atoms with E-state index in [9.17, 15) is 4.79 Å². The topological polar surface area (TPSA) is 64.1 Å². The number of rotatable bonds is 6. The summed E-state index contributed by atoms with van der Waals surface area (Å²) in [5, 5.41) is 10.4. The number of amides is 1. The van der Waals surface area contributed by atoms with Crippen molar-refractivity contribution in [2.75, 3.05) is 11.9 Å². The Labute approximate surface area is 114 Å². The molecule has 2 aromatic rings. The van der Waals surface area contributed by atoms with Gasteiger partial charge in [0.25, 0.3) is 5.91 Å². The van der Waals surface area contributed by atoms with E-state index in [0.29, 0.717) is 17.3 Å². The van der Waals surface area contributed by atoms with E-state index in [-0.39, 0.29) is 12.5 Å². The van der Waals surface area contributed by atoms with Crippen molar-refractivity contribution in [1.82, 2.24) is 10.2 Å². The molecule has 0 bridgehead atoms. The van der Waals surface area contributed by atoms with Gasteiger partial charge < -0.3 is 4.74 Å². The maximum atomic E-state index is 11.6. The molecule has 0 aliphatic carbocycles. The normalized spacial score (nSPS) is 9.89. The molecule has 1 heterocycles. The number of nitrogens with one attached hydrogen (secondary N) is 1. The number of aromatic nitrogens is 2. The van der Waals surface area contributed by atoms with Gasteiger partial charge in [-0.3, -0.25) is 10.1 Å². The molecule has 0 atom stereocenters. The Kier molecular flexibility index (Phi) is 4.63. The van der Waals surface area contributed by atoms with Crippen molar-refractivity contribution >= 4 is 22.4 Å². The number of carbonyl (C=O) groups is 1. The van der Waals surface area contributed by atoms with Crippen LogP contribution in [0.2, 0.25) is 0 Å². The lowest BCUT2D eigenvalue weighted by Gasteiger charge is -2.09. The summed E-state index contributed by atoms with van der Waals surface area (Å²) >= 11 is 1.26. The van der Waals surface area contributed by atoms with Crippen LogP contribution in [0.3, 0.4) is 0 Å². The fraction of sp³-hybridized carbons (Fsp3) is 0.154. The van der Waals surface area contributed by atoms with Crippen LogP contribution >= 0.6 is 11.3 Å². The Morgan fingerprint density at radius 2 is 2.32 bits per heavy atom. The molecule has 1 N–H and O–H groups in total. The summed E-state index contributed by atoms with van der Waals surface area (Å²) in [4.78, 5) is 11.6. The molecule has 1 aromatic heterocycles. The first-order valence-electron chi connectivity index (χ1n) is 5.67. The van der Waals surface area contributed by atoms with Crippen molar-refractivity contribution in [2.45, 2.75) is 6.42 Å². The second-order valence-corrected chi connectivity index (χ2v) is 4.51. The van der Waals surface area contributed by atoms with E-state index in [1.165, 1.54) is 11.3 Å². The van der Waals surface area contributed by atoms with E-state index >= 15 is 0 Å². The van der Waals surface area contributed by atoms with Crippen molar-refractivity contribution in [3.8, 4) is 5.75 Å². The molecule has 98 valence electrons. The summed E-state index contributed by atoms with van der Waals surface area (Å²) < 4.78 is 5.50. The highest BCUT2D eigenvalue weighted by Crippen LogP contribution is 2.18. The summed E-state index contributed by atoms with van der Waals surface area (Å²) in [6, 6.07) is 7.56. The zero-order chi connectivity index (χ0) is 13.5. The highest BCUT2D eigenvalue weighted by atomic mass is 32.1. The molecule has 0 aliphatic rings. The third kappa shape index (κ3) is 3.89. The number of benzene rings is 1. The number of para-hydroxylation sites is 1. The van der Waals surface area contributed by atoms with Crippen LogP contribution in [0.4, 0.5) is 5.13 Å². The van der Waals surface area contributed by atoms with Gasteiger partial charge in [-0.2, -0.15) is 0 Å². The van der Waals surface area contributed by atoms with Gasteiger partial charge in [0.2, 0.25) is 5.13 Å². The van der Waals surface area contributed by atoms with Gasteiger partial charge in [-0.05, 0) is 18.1 Å². The lowest BCUT2D eigenvalue weighted by atomic mass is 10.1. The molecule has 19 heavy (non-hydrogen) atoms. The maximum absolute atomic E-state index is 11.6. The minimum atomic E-state index is -0.259. The predicted molar refractivity (Wildman–Crippen MR) is 74.4 cm³/mol. The zero-order valence-electron chi connectivity index (χ0n) is 10.2. The molecule has 0 fully saturated rings. The van der Waals surface area contributed by atoms with E-state index in [1.807, 2.05) is 24.3 Å². The van der Waals surface area contributed by atoms with Crippen LogP contribution in [0.15, 0.2) is 42.4 Å². The fourth-order valence-electron chi connectivity index (χ4n) is 1.49. The summed E-state index contributed by atoms with van der Waals surface area (Å²) in [5.41, 5.74) is 2.55. The van der Waals surface area contributed by atoms with Gasteiger partial charge in [0.1, 0.15) is 11.3 Å². The average Bonchev–Trinajstić information content (AvgIpc) is 2.91. The second-order valence-electron chi connectivity index (χ2n) is 3.68. The monoisotopic (exact) mass is 275 g/mol. The smallest absolute Gasteiger partial charge is 0.264 e. The first kappa shape index (κ1) is 13.2. The molecule has 0 saturated heterocycles. The average molecular weight is 275 g/mol. The summed E-state index contributed by atoms with van der Waals surface area (Å²) in [7, 11) is 0. The van der Waals surface area contributed by atoms with Gasteiger partial charge in [0, 0.05) is 0 Å². The molecule has 6 heteroatoms. The first-order valence-corrected chi connectivity index (χ1v) is 6.55. The largest absolute Gasteiger partial charge is 0.483 e. The maximum Gasteiger partial charge on any atom is 0.264 e. The van der Waals surface area contributed by atoms with Gasteiger partial charge in [-0.1, -0.05) is 35.6 Å². The van der Waals surface area contributed by atoms with Crippen LogP contribution in [0.1, 0.15) is 5.56 Å². The number of carbonyl (C=O) groups excluding carboxylic acids is 1. The summed E-state index contributed by atoms with van der Waals surface area (Å²) in [6.07, 6.45) is 2.50. The fourth-order valence-corrected chi connectivity index (χ4v) is 1.96. The molecular formula is C13H13N3O2S. The lowest BCUT2D eigenvalue weighted by Crippen LogP contribution is -2.20. The van der Waals surface area contributed by atoms with Crippen LogP contribution in [0.5, 0.6) is 5.75 Å². The molecule has 1 aromatic carbocycles. The lowest BCUT2D eigenvalue weighted by molar-refractivity contribution is -0.118. The molecule has 5 nitrogen and oxygen atoms in total. The van der Waals surface area contributed by atoms with E-state index in [2.05, 4.69) is 22.1 Å². The number of anilines is 1. The Balaban J connectivity index is 1.91. The summed E-state index contributed by atoms with van der Waals surface area (Å²) in [5.74, 6) is 0.431. The van der Waals surface area contributed by atoms with E-state index in [4.69, 9.17) is 4.74 Å². The van der Waals surface area contributed by atoms with Crippen LogP contribution in [-0.2, 0) is 11.2 Å². The van der Waals surface area contributed by atoms with Gasteiger partial charge >= 0.3 is 0 Å². The molecule has 2 rings (SSSR count). The molecular weight excluding hydrogens is 262 g/mol. The predicted octanol–water partition coefficient (Wildman–Crippen LogP) is 2.28. The second kappa shape index (κ2) is 6.65. The highest BCUT2D eigenvalue weighted by Gasteiger charge is 2.07. The summed E-state index contributed by atoms with van der Waals surface area (Å²) in [6.45, 7) is 3.63. The van der Waals surface area contributed by atoms with Gasteiger partial charge in [0.05, 0.1) is 0 Å².